The van der Waals surface area contributed by atoms with E-state index >= 15 is 0 Å². The number of pyridine rings is 2. The molecule has 4 nitrogen and oxygen atoms in total. The number of fused-ring (bicyclic) bond motifs is 1. The topological polar surface area (TPSA) is 32.3 Å². The smallest absolute Gasteiger partial charge is 0.137 e. The van der Waals surface area contributed by atoms with Crippen molar-refractivity contribution in [3.63, 3.8) is 0 Å². The minimum absolute atomic E-state index is 1.00. The molecule has 3 aromatic heterocycles. The fourth-order valence-corrected chi connectivity index (χ4v) is 3.64. The van der Waals surface area contributed by atoms with Crippen molar-refractivity contribution in [3.05, 3.63) is 48.2 Å². The van der Waals surface area contributed by atoms with E-state index in [2.05, 4.69) is 49.4 Å². The van der Waals surface area contributed by atoms with Gasteiger partial charge in [0, 0.05) is 60.5 Å². The Morgan fingerprint density at radius 3 is 2.43 bits per heavy atom. The Labute approximate surface area is 127 Å². The lowest BCUT2D eigenvalue weighted by Crippen LogP contribution is -2.46. The van der Waals surface area contributed by atoms with E-state index in [1.165, 1.54) is 15.8 Å². The van der Waals surface area contributed by atoms with Crippen LogP contribution in [-0.2, 0) is 0 Å². The Morgan fingerprint density at radius 1 is 0.857 bits per heavy atom. The Hall–Kier alpha value is -2.14. The summed E-state index contributed by atoms with van der Waals surface area (Å²) < 4.78 is 1.32. The van der Waals surface area contributed by atoms with Crippen LogP contribution in [0.25, 0.3) is 10.1 Å². The summed E-state index contributed by atoms with van der Waals surface area (Å²) in [4.78, 5) is 13.5. The molecular formula is C16H16N4S. The summed E-state index contributed by atoms with van der Waals surface area (Å²) in [7, 11) is 0. The van der Waals surface area contributed by atoms with Gasteiger partial charge in [0.05, 0.1) is 0 Å². The molecule has 0 amide bonds. The summed E-state index contributed by atoms with van der Waals surface area (Å²) in [5.41, 5.74) is 1.26. The highest BCUT2D eigenvalue weighted by atomic mass is 32.1. The molecule has 0 radical (unpaired) electrons. The third-order valence-electron chi connectivity index (χ3n) is 3.97. The molecule has 0 saturated carbocycles. The van der Waals surface area contributed by atoms with Crippen LogP contribution >= 0.6 is 11.3 Å². The molecule has 5 heteroatoms. The second kappa shape index (κ2) is 5.33. The van der Waals surface area contributed by atoms with Crippen LogP contribution in [0.1, 0.15) is 0 Å². The predicted octanol–water partition coefficient (Wildman–Crippen LogP) is 3.02. The zero-order valence-electron chi connectivity index (χ0n) is 11.6. The van der Waals surface area contributed by atoms with Crippen molar-refractivity contribution in [2.24, 2.45) is 0 Å². The number of nitrogens with zero attached hydrogens (tertiary/aromatic N) is 4. The van der Waals surface area contributed by atoms with Gasteiger partial charge in [-0.15, -0.1) is 11.3 Å². The van der Waals surface area contributed by atoms with Crippen molar-refractivity contribution in [3.8, 4) is 0 Å². The van der Waals surface area contributed by atoms with Crippen LogP contribution in [0.15, 0.2) is 48.2 Å². The molecule has 0 spiro atoms. The predicted molar refractivity (Wildman–Crippen MR) is 88.3 cm³/mol. The van der Waals surface area contributed by atoms with Gasteiger partial charge < -0.3 is 9.80 Å². The molecular weight excluding hydrogens is 280 g/mol. The van der Waals surface area contributed by atoms with Crippen LogP contribution in [-0.4, -0.2) is 36.1 Å². The normalized spacial score (nSPS) is 15.6. The third kappa shape index (κ3) is 2.34. The van der Waals surface area contributed by atoms with E-state index in [1.807, 2.05) is 18.6 Å². The molecule has 4 rings (SSSR count). The largest absolute Gasteiger partial charge is 0.368 e. The first kappa shape index (κ1) is 12.6. The molecule has 4 heterocycles. The summed E-state index contributed by atoms with van der Waals surface area (Å²) in [6, 6.07) is 8.43. The molecule has 1 saturated heterocycles. The van der Waals surface area contributed by atoms with Crippen LogP contribution in [0.3, 0.4) is 0 Å². The van der Waals surface area contributed by atoms with Gasteiger partial charge in [0.25, 0.3) is 0 Å². The SMILES string of the molecule is c1cc(N2CCN(c3nccc4sccc34)CC2)ccn1. The second-order valence-electron chi connectivity index (χ2n) is 5.15. The van der Waals surface area contributed by atoms with E-state index in [0.29, 0.717) is 0 Å². The molecule has 0 aromatic carbocycles. The maximum absolute atomic E-state index is 4.60. The van der Waals surface area contributed by atoms with Gasteiger partial charge in [0.15, 0.2) is 0 Å². The molecule has 1 aliphatic rings. The first-order valence-corrected chi connectivity index (χ1v) is 8.02. The second-order valence-corrected chi connectivity index (χ2v) is 6.09. The highest BCUT2D eigenvalue weighted by Gasteiger charge is 2.19. The van der Waals surface area contributed by atoms with Crippen LogP contribution in [0.2, 0.25) is 0 Å². The summed E-state index contributed by atoms with van der Waals surface area (Å²) in [6.45, 7) is 4.05. The highest BCUT2D eigenvalue weighted by molar-refractivity contribution is 7.17. The van der Waals surface area contributed by atoms with Gasteiger partial charge in [0.2, 0.25) is 0 Å². The van der Waals surface area contributed by atoms with Crippen molar-refractivity contribution in [2.75, 3.05) is 36.0 Å². The Kier molecular flexibility index (Phi) is 3.20. The van der Waals surface area contributed by atoms with E-state index in [1.54, 1.807) is 11.3 Å². The number of piperazine rings is 1. The van der Waals surface area contributed by atoms with Gasteiger partial charge in [-0.1, -0.05) is 0 Å². The van der Waals surface area contributed by atoms with Crippen molar-refractivity contribution in [1.29, 1.82) is 0 Å². The first-order chi connectivity index (χ1) is 10.4. The van der Waals surface area contributed by atoms with Gasteiger partial charge >= 0.3 is 0 Å². The van der Waals surface area contributed by atoms with Gasteiger partial charge in [0.1, 0.15) is 5.82 Å². The van der Waals surface area contributed by atoms with Gasteiger partial charge in [-0.25, -0.2) is 4.98 Å². The minimum atomic E-state index is 1.00. The average Bonchev–Trinajstić information content (AvgIpc) is 3.04. The Morgan fingerprint density at radius 2 is 1.62 bits per heavy atom. The number of rotatable bonds is 2. The van der Waals surface area contributed by atoms with Gasteiger partial charge in [-0.05, 0) is 29.6 Å². The van der Waals surface area contributed by atoms with E-state index in [-0.39, 0.29) is 0 Å². The van der Waals surface area contributed by atoms with Crippen LogP contribution in [0.4, 0.5) is 11.5 Å². The van der Waals surface area contributed by atoms with Gasteiger partial charge in [-0.3, -0.25) is 4.98 Å². The fraction of sp³-hybridized carbons (Fsp3) is 0.250. The number of aromatic nitrogens is 2. The zero-order valence-corrected chi connectivity index (χ0v) is 12.5. The van der Waals surface area contributed by atoms with Crippen molar-refractivity contribution >= 4 is 32.9 Å². The lowest BCUT2D eigenvalue weighted by atomic mass is 10.2. The van der Waals surface area contributed by atoms with Crippen molar-refractivity contribution < 1.29 is 0 Å². The Balaban J connectivity index is 1.54. The lowest BCUT2D eigenvalue weighted by Gasteiger charge is -2.36. The standard InChI is InChI=1S/C16H16N4S/c1-5-17-6-2-13(1)19-8-10-20(11-9-19)16-14-4-12-21-15(14)3-7-18-16/h1-7,12H,8-11H2. The molecule has 106 valence electrons. The van der Waals surface area contributed by atoms with Crippen LogP contribution < -0.4 is 9.80 Å². The summed E-state index contributed by atoms with van der Waals surface area (Å²) in [5.74, 6) is 1.13. The first-order valence-electron chi connectivity index (χ1n) is 7.14. The van der Waals surface area contributed by atoms with E-state index < -0.39 is 0 Å². The molecule has 1 fully saturated rings. The number of anilines is 2. The average molecular weight is 296 g/mol. The van der Waals surface area contributed by atoms with Crippen LogP contribution in [0, 0.1) is 0 Å². The Bertz CT molecular complexity index is 732. The van der Waals surface area contributed by atoms with E-state index in [9.17, 15) is 0 Å². The molecule has 3 aromatic rings. The molecule has 0 aliphatic carbocycles. The van der Waals surface area contributed by atoms with Crippen molar-refractivity contribution in [2.45, 2.75) is 0 Å². The molecule has 21 heavy (non-hydrogen) atoms. The summed E-state index contributed by atoms with van der Waals surface area (Å²) >= 11 is 1.78. The summed E-state index contributed by atoms with van der Waals surface area (Å²) in [6.07, 6.45) is 5.63. The number of hydrogen-bond acceptors (Lipinski definition) is 5. The van der Waals surface area contributed by atoms with Gasteiger partial charge in [-0.2, -0.15) is 0 Å². The van der Waals surface area contributed by atoms with Crippen LogP contribution in [0.5, 0.6) is 0 Å². The minimum Gasteiger partial charge on any atom is -0.368 e. The fourth-order valence-electron chi connectivity index (χ4n) is 2.86. The molecule has 0 N–H and O–H groups in total. The monoisotopic (exact) mass is 296 g/mol. The maximum atomic E-state index is 4.60. The third-order valence-corrected chi connectivity index (χ3v) is 4.85. The van der Waals surface area contributed by atoms with Crippen molar-refractivity contribution in [1.82, 2.24) is 9.97 Å². The molecule has 0 atom stereocenters. The maximum Gasteiger partial charge on any atom is 0.137 e. The lowest BCUT2D eigenvalue weighted by molar-refractivity contribution is 0.649. The molecule has 0 unspecified atom stereocenters. The quantitative estimate of drug-likeness (QED) is 0.727. The number of thiophene rings is 1. The van der Waals surface area contributed by atoms with E-state index in [0.717, 1.165) is 32.0 Å². The molecule has 1 aliphatic heterocycles. The highest BCUT2D eigenvalue weighted by Crippen LogP contribution is 2.29. The number of hydrogen-bond donors (Lipinski definition) is 0. The zero-order chi connectivity index (χ0) is 14.1. The van der Waals surface area contributed by atoms with E-state index in [4.69, 9.17) is 0 Å². The summed E-state index contributed by atoms with van der Waals surface area (Å²) in [5, 5.41) is 3.42. The molecule has 0 bridgehead atoms.